The molecule has 0 amide bonds. The molecule has 1 aromatic heterocycles. The van der Waals surface area contributed by atoms with Crippen molar-refractivity contribution < 1.29 is 13.9 Å². The fourth-order valence-electron chi connectivity index (χ4n) is 1.63. The minimum absolute atomic E-state index is 0.105. The first kappa shape index (κ1) is 12.9. The summed E-state index contributed by atoms with van der Waals surface area (Å²) in [4.78, 5) is 0. The molecule has 0 unspecified atom stereocenters. The van der Waals surface area contributed by atoms with E-state index in [0.717, 1.165) is 10.2 Å². The molecular formula is C11H10ClF2N3O. The van der Waals surface area contributed by atoms with Crippen LogP contribution in [0.15, 0.2) is 24.3 Å². The number of nitrogens with zero attached hydrogens (tertiary/aromatic N) is 3. The maximum absolute atomic E-state index is 12.9. The highest BCUT2D eigenvalue weighted by Crippen LogP contribution is 2.22. The largest absolute Gasteiger partial charge is 0.390 e. The topological polar surface area (TPSA) is 50.9 Å². The highest BCUT2D eigenvalue weighted by atomic mass is 35.5. The van der Waals surface area contributed by atoms with Crippen molar-refractivity contribution in [3.63, 3.8) is 0 Å². The zero-order valence-corrected chi connectivity index (χ0v) is 9.98. The molecule has 4 nitrogen and oxygen atoms in total. The maximum atomic E-state index is 12.9. The lowest BCUT2D eigenvalue weighted by molar-refractivity contribution is 0.135. The van der Waals surface area contributed by atoms with Gasteiger partial charge in [-0.15, -0.1) is 5.10 Å². The number of aromatic nitrogens is 3. The Kier molecular flexibility index (Phi) is 3.88. The van der Waals surface area contributed by atoms with E-state index in [1.807, 2.05) is 0 Å². The number of hydrogen-bond donors (Lipinski definition) is 1. The van der Waals surface area contributed by atoms with Gasteiger partial charge in [-0.3, -0.25) is 0 Å². The average molecular weight is 274 g/mol. The van der Waals surface area contributed by atoms with E-state index < -0.39 is 13.0 Å². The average Bonchev–Trinajstić information content (AvgIpc) is 2.72. The highest BCUT2D eigenvalue weighted by Gasteiger charge is 2.21. The molecule has 2 aromatic rings. The van der Waals surface area contributed by atoms with E-state index in [1.54, 1.807) is 24.3 Å². The van der Waals surface area contributed by atoms with Gasteiger partial charge >= 0.3 is 0 Å². The van der Waals surface area contributed by atoms with Crippen molar-refractivity contribution in [2.75, 3.05) is 0 Å². The zero-order valence-electron chi connectivity index (χ0n) is 9.22. The van der Waals surface area contributed by atoms with Crippen molar-refractivity contribution in [2.45, 2.75) is 19.6 Å². The van der Waals surface area contributed by atoms with Gasteiger partial charge in [0.05, 0.1) is 13.2 Å². The van der Waals surface area contributed by atoms with E-state index in [2.05, 4.69) is 10.3 Å². The number of aliphatic hydroxyl groups excluding tert-OH is 1. The molecule has 7 heteroatoms. The lowest BCUT2D eigenvalue weighted by Crippen LogP contribution is -2.08. The van der Waals surface area contributed by atoms with Crippen molar-refractivity contribution in [1.29, 1.82) is 0 Å². The van der Waals surface area contributed by atoms with Gasteiger partial charge in [-0.1, -0.05) is 28.9 Å². The molecule has 1 N–H and O–H groups in total. The van der Waals surface area contributed by atoms with Gasteiger partial charge in [0.1, 0.15) is 11.4 Å². The summed E-state index contributed by atoms with van der Waals surface area (Å²) in [6, 6.07) is 6.84. The summed E-state index contributed by atoms with van der Waals surface area (Å²) in [6.07, 6.45) is -2.73. The molecule has 0 radical (unpaired) electrons. The van der Waals surface area contributed by atoms with Crippen LogP contribution in [0.5, 0.6) is 0 Å². The monoisotopic (exact) mass is 273 g/mol. The van der Waals surface area contributed by atoms with Crippen LogP contribution >= 0.6 is 11.6 Å². The summed E-state index contributed by atoms with van der Waals surface area (Å²) in [5.74, 6) is 0. The normalized spacial score (nSPS) is 11.2. The summed E-state index contributed by atoms with van der Waals surface area (Å²) >= 11 is 5.81. The van der Waals surface area contributed by atoms with Gasteiger partial charge < -0.3 is 5.11 Å². The van der Waals surface area contributed by atoms with Crippen LogP contribution in [0, 0.1) is 0 Å². The second-order valence-electron chi connectivity index (χ2n) is 3.67. The molecule has 96 valence electrons. The third-order valence-electron chi connectivity index (χ3n) is 2.42. The lowest BCUT2D eigenvalue weighted by Gasteiger charge is -2.07. The highest BCUT2D eigenvalue weighted by molar-refractivity contribution is 6.30. The van der Waals surface area contributed by atoms with Crippen LogP contribution in [0.4, 0.5) is 8.78 Å². The smallest absolute Gasteiger partial charge is 0.282 e. The second kappa shape index (κ2) is 5.41. The number of rotatable bonds is 4. The Labute approximate surface area is 107 Å². The number of benzene rings is 1. The predicted octanol–water partition coefficient (Wildman–Crippen LogP) is 2.41. The van der Waals surface area contributed by atoms with Crippen LogP contribution in [0.1, 0.15) is 23.4 Å². The Morgan fingerprint density at radius 1 is 1.39 bits per heavy atom. The van der Waals surface area contributed by atoms with Crippen LogP contribution in [0.25, 0.3) is 0 Å². The van der Waals surface area contributed by atoms with Crippen molar-refractivity contribution in [3.8, 4) is 0 Å². The Hall–Kier alpha value is -1.53. The molecule has 0 spiro atoms. The van der Waals surface area contributed by atoms with Gasteiger partial charge in [0, 0.05) is 5.02 Å². The number of hydrogen-bond acceptors (Lipinski definition) is 3. The fourth-order valence-corrected chi connectivity index (χ4v) is 1.85. The lowest BCUT2D eigenvalue weighted by atomic mass is 10.2. The first-order chi connectivity index (χ1) is 8.61. The quantitative estimate of drug-likeness (QED) is 0.931. The van der Waals surface area contributed by atoms with Crippen LogP contribution in [-0.4, -0.2) is 20.1 Å². The van der Waals surface area contributed by atoms with Gasteiger partial charge in [-0.2, -0.15) is 0 Å². The minimum Gasteiger partial charge on any atom is -0.390 e. The standard InChI is InChI=1S/C11H10ClF2N3O/c12-8-3-1-2-7(4-8)5-17-10(11(13)14)9(6-18)15-16-17/h1-4,11,18H,5-6H2. The molecular weight excluding hydrogens is 264 g/mol. The second-order valence-corrected chi connectivity index (χ2v) is 4.10. The van der Waals surface area contributed by atoms with E-state index in [1.165, 1.54) is 0 Å². The van der Waals surface area contributed by atoms with E-state index in [9.17, 15) is 8.78 Å². The van der Waals surface area contributed by atoms with E-state index in [4.69, 9.17) is 16.7 Å². The molecule has 1 aromatic carbocycles. The Morgan fingerprint density at radius 3 is 2.78 bits per heavy atom. The van der Waals surface area contributed by atoms with Crippen LogP contribution in [-0.2, 0) is 13.2 Å². The van der Waals surface area contributed by atoms with Crippen molar-refractivity contribution in [1.82, 2.24) is 15.0 Å². The Bertz CT molecular complexity index is 545. The molecule has 0 aliphatic heterocycles. The SMILES string of the molecule is OCc1nnn(Cc2cccc(Cl)c2)c1C(F)F. The van der Waals surface area contributed by atoms with Gasteiger partial charge in [0.15, 0.2) is 0 Å². The summed E-state index contributed by atoms with van der Waals surface area (Å²) in [6.45, 7) is -0.428. The number of halogens is 3. The molecule has 0 fully saturated rings. The molecule has 1 heterocycles. The molecule has 0 bridgehead atoms. The van der Waals surface area contributed by atoms with Crippen LogP contribution < -0.4 is 0 Å². The molecule has 2 rings (SSSR count). The molecule has 0 aliphatic rings. The minimum atomic E-state index is -2.73. The van der Waals surface area contributed by atoms with Crippen LogP contribution in [0.2, 0.25) is 5.02 Å². The Morgan fingerprint density at radius 2 is 2.17 bits per heavy atom. The molecule has 0 saturated heterocycles. The van der Waals surface area contributed by atoms with Gasteiger partial charge in [0.25, 0.3) is 6.43 Å². The van der Waals surface area contributed by atoms with Crippen LogP contribution in [0.3, 0.4) is 0 Å². The molecule has 0 aliphatic carbocycles. The maximum Gasteiger partial charge on any atom is 0.282 e. The Balaban J connectivity index is 2.32. The van der Waals surface area contributed by atoms with Gasteiger partial charge in [-0.05, 0) is 17.7 Å². The summed E-state index contributed by atoms with van der Waals surface area (Å²) in [5, 5.41) is 16.6. The van der Waals surface area contributed by atoms with Crippen molar-refractivity contribution in [3.05, 3.63) is 46.2 Å². The fraction of sp³-hybridized carbons (Fsp3) is 0.273. The number of aliphatic hydroxyl groups is 1. The predicted molar refractivity (Wildman–Crippen MR) is 61.5 cm³/mol. The molecule has 0 atom stereocenters. The van der Waals surface area contributed by atoms with E-state index in [0.29, 0.717) is 5.02 Å². The first-order valence-corrected chi connectivity index (χ1v) is 5.55. The van der Waals surface area contributed by atoms with E-state index in [-0.39, 0.29) is 17.9 Å². The number of alkyl halides is 2. The summed E-state index contributed by atoms with van der Waals surface area (Å²) in [5.41, 5.74) is 0.267. The van der Waals surface area contributed by atoms with E-state index >= 15 is 0 Å². The van der Waals surface area contributed by atoms with Crippen molar-refractivity contribution in [2.24, 2.45) is 0 Å². The third kappa shape index (κ3) is 2.65. The summed E-state index contributed by atoms with van der Waals surface area (Å²) < 4.78 is 26.8. The van der Waals surface area contributed by atoms with Gasteiger partial charge in [0.2, 0.25) is 0 Å². The first-order valence-electron chi connectivity index (χ1n) is 5.17. The summed E-state index contributed by atoms with van der Waals surface area (Å²) in [7, 11) is 0. The third-order valence-corrected chi connectivity index (χ3v) is 2.66. The zero-order chi connectivity index (χ0) is 13.1. The van der Waals surface area contributed by atoms with Crippen molar-refractivity contribution >= 4 is 11.6 Å². The van der Waals surface area contributed by atoms with Gasteiger partial charge in [-0.25, -0.2) is 13.5 Å². The molecule has 18 heavy (non-hydrogen) atoms. The molecule has 0 saturated carbocycles.